The summed E-state index contributed by atoms with van der Waals surface area (Å²) in [6, 6.07) is 0. The fourth-order valence-corrected chi connectivity index (χ4v) is 3.04. The first-order valence-electron chi connectivity index (χ1n) is 7.10. The maximum absolute atomic E-state index is 12.1. The van der Waals surface area contributed by atoms with Crippen LogP contribution >= 0.6 is 0 Å². The molecule has 3 fully saturated rings. The smallest absolute Gasteiger partial charge is 0.311 e. The minimum Gasteiger partial charge on any atom is -0.465 e. The molecule has 0 aromatic heterocycles. The highest BCUT2D eigenvalue weighted by Crippen LogP contribution is 2.46. The van der Waals surface area contributed by atoms with Gasteiger partial charge in [0.1, 0.15) is 0 Å². The van der Waals surface area contributed by atoms with Crippen LogP contribution in [-0.4, -0.2) is 37.0 Å². The first-order chi connectivity index (χ1) is 8.62. The van der Waals surface area contributed by atoms with E-state index in [4.69, 9.17) is 14.2 Å². The topological polar surface area (TPSA) is 51.4 Å². The summed E-state index contributed by atoms with van der Waals surface area (Å²) < 4.78 is 16.3. The van der Waals surface area contributed by atoms with Crippen LogP contribution in [0.15, 0.2) is 0 Å². The molecule has 0 aromatic carbocycles. The fraction of sp³-hybridized carbons (Fsp3) is 0.929. The van der Waals surface area contributed by atoms with Crippen molar-refractivity contribution in [3.63, 3.8) is 0 Å². The SMILES string of the molecule is CCC1OC1CCOC(=O)C1(C)CCC2OC2C1. The van der Waals surface area contributed by atoms with Crippen LogP contribution in [0.4, 0.5) is 0 Å². The van der Waals surface area contributed by atoms with E-state index in [9.17, 15) is 4.79 Å². The number of ether oxygens (including phenoxy) is 3. The van der Waals surface area contributed by atoms with Crippen molar-refractivity contribution in [2.45, 2.75) is 70.4 Å². The standard InChI is InChI=1S/C14H22O4/c1-3-9-11(17-9)5-7-16-13(15)14(2)6-4-10-12(8-14)18-10/h9-12H,3-8H2,1-2H3. The zero-order chi connectivity index (χ0) is 12.8. The lowest BCUT2D eigenvalue weighted by Crippen LogP contribution is -2.35. The van der Waals surface area contributed by atoms with Gasteiger partial charge in [0.05, 0.1) is 36.4 Å². The average molecular weight is 254 g/mol. The molecule has 0 aromatic rings. The van der Waals surface area contributed by atoms with E-state index in [1.807, 2.05) is 6.92 Å². The van der Waals surface area contributed by atoms with Crippen molar-refractivity contribution in [1.29, 1.82) is 0 Å². The number of hydrogen-bond donors (Lipinski definition) is 0. The lowest BCUT2D eigenvalue weighted by Gasteiger charge is -2.28. The lowest BCUT2D eigenvalue weighted by atomic mass is 9.76. The summed E-state index contributed by atoms with van der Waals surface area (Å²) in [5, 5.41) is 0. The summed E-state index contributed by atoms with van der Waals surface area (Å²) in [6.07, 6.45) is 6.06. The normalized spacial score (nSPS) is 45.2. The zero-order valence-corrected chi connectivity index (χ0v) is 11.2. The Hall–Kier alpha value is -0.610. The molecule has 0 spiro atoms. The first-order valence-corrected chi connectivity index (χ1v) is 7.10. The Kier molecular flexibility index (Phi) is 3.10. The Bertz CT molecular complexity index is 343. The number of carbonyl (C=O) groups is 1. The number of fused-ring (bicyclic) bond motifs is 1. The molecule has 4 nitrogen and oxygen atoms in total. The molecule has 1 aliphatic carbocycles. The Morgan fingerprint density at radius 1 is 1.33 bits per heavy atom. The predicted octanol–water partition coefficient (Wildman–Crippen LogP) is 2.05. The van der Waals surface area contributed by atoms with Crippen LogP contribution in [0.2, 0.25) is 0 Å². The maximum atomic E-state index is 12.1. The molecule has 18 heavy (non-hydrogen) atoms. The molecule has 0 bridgehead atoms. The molecule has 5 unspecified atom stereocenters. The Morgan fingerprint density at radius 3 is 2.83 bits per heavy atom. The van der Waals surface area contributed by atoms with Crippen molar-refractivity contribution in [2.24, 2.45) is 5.41 Å². The van der Waals surface area contributed by atoms with E-state index in [0.717, 1.165) is 32.1 Å². The van der Waals surface area contributed by atoms with E-state index in [-0.39, 0.29) is 11.4 Å². The van der Waals surface area contributed by atoms with E-state index in [1.165, 1.54) is 0 Å². The Labute approximate surface area is 108 Å². The zero-order valence-electron chi connectivity index (χ0n) is 11.2. The molecule has 2 aliphatic heterocycles. The third-order valence-corrected chi connectivity index (χ3v) is 4.54. The number of carbonyl (C=O) groups excluding carboxylic acids is 1. The molecular weight excluding hydrogens is 232 g/mol. The van der Waals surface area contributed by atoms with Crippen LogP contribution in [0.25, 0.3) is 0 Å². The van der Waals surface area contributed by atoms with Crippen LogP contribution in [0.3, 0.4) is 0 Å². The Balaban J connectivity index is 1.40. The van der Waals surface area contributed by atoms with Gasteiger partial charge in [0, 0.05) is 6.42 Å². The fourth-order valence-electron chi connectivity index (χ4n) is 3.04. The van der Waals surface area contributed by atoms with E-state index < -0.39 is 0 Å². The van der Waals surface area contributed by atoms with Crippen LogP contribution in [0.1, 0.15) is 46.0 Å². The minimum atomic E-state index is -0.327. The van der Waals surface area contributed by atoms with Gasteiger partial charge in [0.25, 0.3) is 0 Å². The summed E-state index contributed by atoms with van der Waals surface area (Å²) in [5.41, 5.74) is -0.327. The molecular formula is C14H22O4. The number of rotatable bonds is 5. The second kappa shape index (κ2) is 4.49. The summed E-state index contributed by atoms with van der Waals surface area (Å²) in [4.78, 5) is 12.1. The predicted molar refractivity (Wildman–Crippen MR) is 65.1 cm³/mol. The second-order valence-electron chi connectivity index (χ2n) is 6.06. The van der Waals surface area contributed by atoms with Crippen molar-refractivity contribution in [3.05, 3.63) is 0 Å². The van der Waals surface area contributed by atoms with Gasteiger partial charge >= 0.3 is 5.97 Å². The van der Waals surface area contributed by atoms with Gasteiger partial charge in [-0.15, -0.1) is 0 Å². The van der Waals surface area contributed by atoms with Gasteiger partial charge in [0.2, 0.25) is 0 Å². The van der Waals surface area contributed by atoms with Gasteiger partial charge in [-0.05, 0) is 32.6 Å². The highest BCUT2D eigenvalue weighted by Gasteiger charge is 2.52. The van der Waals surface area contributed by atoms with Crippen molar-refractivity contribution in [3.8, 4) is 0 Å². The first kappa shape index (κ1) is 12.4. The molecule has 0 radical (unpaired) electrons. The van der Waals surface area contributed by atoms with Crippen LogP contribution in [0, 0.1) is 5.41 Å². The summed E-state index contributed by atoms with van der Waals surface area (Å²) in [5.74, 6) is -0.0508. The summed E-state index contributed by atoms with van der Waals surface area (Å²) in [7, 11) is 0. The largest absolute Gasteiger partial charge is 0.465 e. The molecule has 3 rings (SSSR count). The average Bonchev–Trinajstić information content (AvgIpc) is 3.22. The van der Waals surface area contributed by atoms with Gasteiger partial charge in [-0.2, -0.15) is 0 Å². The van der Waals surface area contributed by atoms with Crippen molar-refractivity contribution >= 4 is 5.97 Å². The molecule has 0 N–H and O–H groups in total. The van der Waals surface area contributed by atoms with Crippen molar-refractivity contribution < 1.29 is 19.0 Å². The third kappa shape index (κ3) is 2.41. The van der Waals surface area contributed by atoms with Gasteiger partial charge in [-0.3, -0.25) is 4.79 Å². The molecule has 102 valence electrons. The summed E-state index contributed by atoms with van der Waals surface area (Å²) >= 11 is 0. The van der Waals surface area contributed by atoms with Gasteiger partial charge in [-0.25, -0.2) is 0 Å². The molecule has 5 atom stereocenters. The van der Waals surface area contributed by atoms with E-state index in [0.29, 0.717) is 31.0 Å². The quantitative estimate of drug-likeness (QED) is 0.556. The van der Waals surface area contributed by atoms with Crippen LogP contribution in [0.5, 0.6) is 0 Å². The molecule has 4 heteroatoms. The van der Waals surface area contributed by atoms with Gasteiger partial charge in [-0.1, -0.05) is 6.92 Å². The van der Waals surface area contributed by atoms with Crippen molar-refractivity contribution in [2.75, 3.05) is 6.61 Å². The minimum absolute atomic E-state index is 0.0508. The summed E-state index contributed by atoms with van der Waals surface area (Å²) in [6.45, 7) is 4.62. The lowest BCUT2D eigenvalue weighted by molar-refractivity contribution is -0.156. The van der Waals surface area contributed by atoms with Gasteiger partial charge < -0.3 is 14.2 Å². The monoisotopic (exact) mass is 254 g/mol. The van der Waals surface area contributed by atoms with E-state index in [2.05, 4.69) is 6.92 Å². The second-order valence-corrected chi connectivity index (χ2v) is 6.06. The van der Waals surface area contributed by atoms with E-state index >= 15 is 0 Å². The van der Waals surface area contributed by atoms with Gasteiger partial charge in [0.15, 0.2) is 0 Å². The third-order valence-electron chi connectivity index (χ3n) is 4.54. The van der Waals surface area contributed by atoms with Crippen molar-refractivity contribution in [1.82, 2.24) is 0 Å². The number of esters is 1. The maximum Gasteiger partial charge on any atom is 0.311 e. The molecule has 0 amide bonds. The van der Waals surface area contributed by atoms with E-state index in [1.54, 1.807) is 0 Å². The molecule has 2 heterocycles. The van der Waals surface area contributed by atoms with Crippen LogP contribution < -0.4 is 0 Å². The highest BCUT2D eigenvalue weighted by atomic mass is 16.6. The molecule has 3 aliphatic rings. The highest BCUT2D eigenvalue weighted by molar-refractivity contribution is 5.76. The number of epoxide rings is 2. The molecule has 1 saturated carbocycles. The van der Waals surface area contributed by atoms with Crippen LogP contribution in [-0.2, 0) is 19.0 Å². The molecule has 2 saturated heterocycles. The Morgan fingerprint density at radius 2 is 2.17 bits per heavy atom. The number of hydrogen-bond acceptors (Lipinski definition) is 4.